The largest absolute Gasteiger partial charge is 0.394 e. The molecule has 0 aromatic rings. The Hall–Kier alpha value is -0.160. The van der Waals surface area contributed by atoms with Crippen molar-refractivity contribution in [3.05, 3.63) is 0 Å². The quantitative estimate of drug-likeness (QED) is 0.502. The van der Waals surface area contributed by atoms with Gasteiger partial charge in [-0.3, -0.25) is 4.90 Å². The lowest BCUT2D eigenvalue weighted by molar-refractivity contribution is -0.0362. The molecule has 12 heavy (non-hydrogen) atoms. The standard InChI is InChI=1S/C8H17NO3/c10-5-8(6-11,7-12)9-3-1-2-4-9/h10-12H,1-7H2. The van der Waals surface area contributed by atoms with Crippen LogP contribution in [-0.4, -0.2) is 58.7 Å². The summed E-state index contributed by atoms with van der Waals surface area (Å²) in [5.41, 5.74) is -0.795. The molecule has 1 aliphatic heterocycles. The Kier molecular flexibility index (Phi) is 3.46. The fraction of sp³-hybridized carbons (Fsp3) is 1.00. The van der Waals surface area contributed by atoms with Crippen LogP contribution in [0.5, 0.6) is 0 Å². The van der Waals surface area contributed by atoms with Gasteiger partial charge in [-0.1, -0.05) is 0 Å². The van der Waals surface area contributed by atoms with Gasteiger partial charge >= 0.3 is 0 Å². The van der Waals surface area contributed by atoms with E-state index in [0.717, 1.165) is 25.9 Å². The van der Waals surface area contributed by atoms with Gasteiger partial charge < -0.3 is 15.3 Å². The van der Waals surface area contributed by atoms with Gasteiger partial charge in [-0.15, -0.1) is 0 Å². The maximum Gasteiger partial charge on any atom is 0.0906 e. The first-order valence-corrected chi connectivity index (χ1v) is 4.37. The number of hydrogen-bond donors (Lipinski definition) is 3. The Morgan fingerprint density at radius 3 is 1.67 bits per heavy atom. The summed E-state index contributed by atoms with van der Waals surface area (Å²) in [6, 6.07) is 0. The van der Waals surface area contributed by atoms with Crippen molar-refractivity contribution in [3.8, 4) is 0 Å². The van der Waals surface area contributed by atoms with Crippen LogP contribution in [0, 0.1) is 0 Å². The molecule has 0 aromatic carbocycles. The summed E-state index contributed by atoms with van der Waals surface area (Å²) in [6.07, 6.45) is 2.17. The first kappa shape index (κ1) is 9.92. The third-order valence-electron chi connectivity index (χ3n) is 2.66. The Bertz CT molecular complexity index is 122. The molecule has 1 saturated heterocycles. The summed E-state index contributed by atoms with van der Waals surface area (Å²) in [5.74, 6) is 0. The summed E-state index contributed by atoms with van der Waals surface area (Å²) >= 11 is 0. The number of nitrogens with zero attached hydrogens (tertiary/aromatic N) is 1. The highest BCUT2D eigenvalue weighted by atomic mass is 16.3. The second-order valence-corrected chi connectivity index (χ2v) is 3.39. The molecule has 0 atom stereocenters. The van der Waals surface area contributed by atoms with Crippen LogP contribution in [0.4, 0.5) is 0 Å². The maximum absolute atomic E-state index is 9.08. The molecule has 0 amide bonds. The van der Waals surface area contributed by atoms with Gasteiger partial charge in [-0.25, -0.2) is 0 Å². The average Bonchev–Trinajstić information content (AvgIpc) is 2.62. The number of rotatable bonds is 4. The molecule has 0 bridgehead atoms. The Balaban J connectivity index is 2.61. The molecule has 4 heteroatoms. The Morgan fingerprint density at radius 1 is 0.917 bits per heavy atom. The van der Waals surface area contributed by atoms with Gasteiger partial charge in [0.1, 0.15) is 0 Å². The second-order valence-electron chi connectivity index (χ2n) is 3.39. The summed E-state index contributed by atoms with van der Waals surface area (Å²) in [6.45, 7) is 1.18. The van der Waals surface area contributed by atoms with E-state index in [-0.39, 0.29) is 19.8 Å². The van der Waals surface area contributed by atoms with Gasteiger partial charge in [0, 0.05) is 0 Å². The summed E-state index contributed by atoms with van der Waals surface area (Å²) in [5, 5.41) is 27.2. The zero-order valence-electron chi connectivity index (χ0n) is 7.24. The van der Waals surface area contributed by atoms with Crippen LogP contribution in [-0.2, 0) is 0 Å². The molecule has 1 aliphatic rings. The molecule has 3 N–H and O–H groups in total. The van der Waals surface area contributed by atoms with Crippen LogP contribution in [0.15, 0.2) is 0 Å². The maximum atomic E-state index is 9.08. The third-order valence-corrected chi connectivity index (χ3v) is 2.66. The van der Waals surface area contributed by atoms with E-state index in [4.69, 9.17) is 15.3 Å². The first-order chi connectivity index (χ1) is 5.79. The fourth-order valence-corrected chi connectivity index (χ4v) is 1.64. The predicted octanol–water partition coefficient (Wildman–Crippen LogP) is -1.20. The summed E-state index contributed by atoms with van der Waals surface area (Å²) < 4.78 is 0. The monoisotopic (exact) mass is 175 g/mol. The molecule has 4 nitrogen and oxygen atoms in total. The van der Waals surface area contributed by atoms with E-state index < -0.39 is 5.54 Å². The molecule has 0 aliphatic carbocycles. The van der Waals surface area contributed by atoms with Crippen LogP contribution in [0.1, 0.15) is 12.8 Å². The van der Waals surface area contributed by atoms with Crippen LogP contribution in [0.25, 0.3) is 0 Å². The number of likely N-dealkylation sites (tertiary alicyclic amines) is 1. The predicted molar refractivity (Wildman–Crippen MR) is 44.8 cm³/mol. The molecule has 1 rings (SSSR count). The second kappa shape index (κ2) is 4.18. The van der Waals surface area contributed by atoms with E-state index in [1.165, 1.54) is 0 Å². The van der Waals surface area contributed by atoms with Gasteiger partial charge in [-0.05, 0) is 25.9 Å². The minimum absolute atomic E-state index is 0.181. The number of aliphatic hydroxyl groups excluding tert-OH is 3. The minimum atomic E-state index is -0.795. The van der Waals surface area contributed by atoms with Crippen molar-refractivity contribution in [2.75, 3.05) is 32.9 Å². The highest BCUT2D eigenvalue weighted by Crippen LogP contribution is 2.20. The minimum Gasteiger partial charge on any atom is -0.394 e. The zero-order valence-corrected chi connectivity index (χ0v) is 7.24. The Morgan fingerprint density at radius 2 is 1.33 bits per heavy atom. The SMILES string of the molecule is OCC(CO)(CO)N1CCCC1. The number of hydrogen-bond acceptors (Lipinski definition) is 4. The molecule has 0 spiro atoms. The first-order valence-electron chi connectivity index (χ1n) is 4.37. The summed E-state index contributed by atoms with van der Waals surface area (Å²) in [7, 11) is 0. The van der Waals surface area contributed by atoms with E-state index in [1.54, 1.807) is 0 Å². The molecular formula is C8H17NO3. The topological polar surface area (TPSA) is 63.9 Å². The average molecular weight is 175 g/mol. The highest BCUT2D eigenvalue weighted by Gasteiger charge is 2.36. The molecule has 1 heterocycles. The van der Waals surface area contributed by atoms with Crippen molar-refractivity contribution in [1.82, 2.24) is 4.90 Å². The molecule has 72 valence electrons. The molecule has 0 radical (unpaired) electrons. The van der Waals surface area contributed by atoms with Crippen LogP contribution >= 0.6 is 0 Å². The molecule has 0 saturated carbocycles. The van der Waals surface area contributed by atoms with E-state index in [2.05, 4.69) is 0 Å². The highest BCUT2D eigenvalue weighted by molar-refractivity contribution is 4.91. The van der Waals surface area contributed by atoms with Crippen molar-refractivity contribution >= 4 is 0 Å². The normalized spacial score (nSPS) is 20.2. The van der Waals surface area contributed by atoms with Crippen LogP contribution in [0.3, 0.4) is 0 Å². The van der Waals surface area contributed by atoms with Crippen LogP contribution in [0.2, 0.25) is 0 Å². The zero-order chi connectivity index (χ0) is 9.03. The van der Waals surface area contributed by atoms with Crippen LogP contribution < -0.4 is 0 Å². The summed E-state index contributed by atoms with van der Waals surface area (Å²) in [4.78, 5) is 1.97. The lowest BCUT2D eigenvalue weighted by Crippen LogP contribution is -2.56. The van der Waals surface area contributed by atoms with Gasteiger partial charge in [0.15, 0.2) is 0 Å². The molecular weight excluding hydrogens is 158 g/mol. The van der Waals surface area contributed by atoms with Gasteiger partial charge in [0.05, 0.1) is 25.4 Å². The van der Waals surface area contributed by atoms with E-state index in [1.807, 2.05) is 4.90 Å². The molecule has 0 unspecified atom stereocenters. The van der Waals surface area contributed by atoms with Crippen molar-refractivity contribution in [2.45, 2.75) is 18.4 Å². The van der Waals surface area contributed by atoms with Gasteiger partial charge in [-0.2, -0.15) is 0 Å². The lowest BCUT2D eigenvalue weighted by Gasteiger charge is -2.37. The van der Waals surface area contributed by atoms with E-state index in [0.29, 0.717) is 0 Å². The third kappa shape index (κ3) is 1.61. The number of aliphatic hydroxyl groups is 3. The van der Waals surface area contributed by atoms with Crippen molar-refractivity contribution < 1.29 is 15.3 Å². The molecule has 1 fully saturated rings. The lowest BCUT2D eigenvalue weighted by atomic mass is 10.0. The van der Waals surface area contributed by atoms with E-state index in [9.17, 15) is 0 Å². The fourth-order valence-electron chi connectivity index (χ4n) is 1.64. The van der Waals surface area contributed by atoms with Gasteiger partial charge in [0.25, 0.3) is 0 Å². The van der Waals surface area contributed by atoms with Crippen molar-refractivity contribution in [2.24, 2.45) is 0 Å². The van der Waals surface area contributed by atoms with E-state index >= 15 is 0 Å². The van der Waals surface area contributed by atoms with Crippen molar-refractivity contribution in [1.29, 1.82) is 0 Å². The van der Waals surface area contributed by atoms with Crippen molar-refractivity contribution in [3.63, 3.8) is 0 Å². The van der Waals surface area contributed by atoms with Gasteiger partial charge in [0.2, 0.25) is 0 Å². The molecule has 0 aromatic heterocycles. The smallest absolute Gasteiger partial charge is 0.0906 e. The Labute approximate surface area is 72.4 Å².